The smallest absolute Gasteiger partial charge is 0.251 e. The van der Waals surface area contributed by atoms with E-state index in [1.54, 1.807) is 13.0 Å². The number of hydrogen-bond acceptors (Lipinski definition) is 6. The molecule has 0 bridgehead atoms. The van der Waals surface area contributed by atoms with E-state index in [4.69, 9.17) is 4.52 Å². The SMILES string of the molecule is Cc1cc(NC(=O)[C@H](Sc2nccc(=O)[nH]2)c2ccccc2)no1. The summed E-state index contributed by atoms with van der Waals surface area (Å²) in [5.74, 6) is 0.655. The van der Waals surface area contributed by atoms with Gasteiger partial charge in [-0.1, -0.05) is 47.3 Å². The van der Waals surface area contributed by atoms with Crippen LogP contribution in [0.15, 0.2) is 63.1 Å². The maximum absolute atomic E-state index is 12.7. The average Bonchev–Trinajstić information content (AvgIpc) is 2.98. The van der Waals surface area contributed by atoms with Gasteiger partial charge in [0.05, 0.1) is 0 Å². The van der Waals surface area contributed by atoms with Crippen LogP contribution >= 0.6 is 11.8 Å². The van der Waals surface area contributed by atoms with Gasteiger partial charge in [0.2, 0.25) is 5.91 Å². The zero-order valence-electron chi connectivity index (χ0n) is 12.7. The molecule has 3 rings (SSSR count). The quantitative estimate of drug-likeness (QED) is 0.546. The molecule has 0 aliphatic heterocycles. The van der Waals surface area contributed by atoms with Crippen LogP contribution in [-0.2, 0) is 4.79 Å². The third kappa shape index (κ3) is 3.90. The third-order valence-corrected chi connectivity index (χ3v) is 4.25. The Hall–Kier alpha value is -2.87. The third-order valence-electron chi connectivity index (χ3n) is 3.10. The second-order valence-electron chi connectivity index (χ2n) is 4.96. The van der Waals surface area contributed by atoms with Crippen molar-refractivity contribution in [3.05, 3.63) is 70.3 Å². The maximum Gasteiger partial charge on any atom is 0.251 e. The average molecular weight is 342 g/mol. The van der Waals surface area contributed by atoms with Gasteiger partial charge in [-0.2, -0.15) is 0 Å². The van der Waals surface area contributed by atoms with Gasteiger partial charge in [-0.05, 0) is 12.5 Å². The molecular weight excluding hydrogens is 328 g/mol. The predicted octanol–water partition coefficient (Wildman–Crippen LogP) is 2.54. The van der Waals surface area contributed by atoms with Gasteiger partial charge in [-0.3, -0.25) is 9.59 Å². The van der Waals surface area contributed by atoms with Crippen LogP contribution in [0.1, 0.15) is 16.6 Å². The van der Waals surface area contributed by atoms with Crippen molar-refractivity contribution < 1.29 is 9.32 Å². The number of amides is 1. The highest BCUT2D eigenvalue weighted by molar-refractivity contribution is 8.00. The van der Waals surface area contributed by atoms with Crippen LogP contribution in [0.25, 0.3) is 0 Å². The minimum absolute atomic E-state index is 0.271. The molecule has 0 aliphatic carbocycles. The van der Waals surface area contributed by atoms with Crippen molar-refractivity contribution in [3.8, 4) is 0 Å². The predicted molar refractivity (Wildman–Crippen MR) is 89.8 cm³/mol. The molecule has 24 heavy (non-hydrogen) atoms. The first-order valence-corrected chi connectivity index (χ1v) is 8.01. The fraction of sp³-hybridized carbons (Fsp3) is 0.125. The van der Waals surface area contributed by atoms with Crippen LogP contribution in [0.3, 0.4) is 0 Å². The van der Waals surface area contributed by atoms with Crippen LogP contribution in [0.5, 0.6) is 0 Å². The number of aromatic nitrogens is 3. The number of hydrogen-bond donors (Lipinski definition) is 2. The lowest BCUT2D eigenvalue weighted by Gasteiger charge is -2.15. The summed E-state index contributed by atoms with van der Waals surface area (Å²) in [5, 5.41) is 6.24. The Kier molecular flexibility index (Phi) is 4.76. The van der Waals surface area contributed by atoms with Gasteiger partial charge in [0.15, 0.2) is 11.0 Å². The van der Waals surface area contributed by atoms with Gasteiger partial charge in [-0.15, -0.1) is 0 Å². The summed E-state index contributed by atoms with van der Waals surface area (Å²) < 4.78 is 4.95. The van der Waals surface area contributed by atoms with E-state index >= 15 is 0 Å². The second kappa shape index (κ2) is 7.14. The van der Waals surface area contributed by atoms with E-state index in [1.807, 2.05) is 30.3 Å². The minimum atomic E-state index is -0.603. The fourth-order valence-electron chi connectivity index (χ4n) is 2.04. The molecule has 1 aromatic carbocycles. The molecule has 3 aromatic rings. The monoisotopic (exact) mass is 342 g/mol. The number of H-pyrrole nitrogens is 1. The molecule has 122 valence electrons. The summed E-state index contributed by atoms with van der Waals surface area (Å²) in [7, 11) is 0. The Morgan fingerprint density at radius 2 is 2.08 bits per heavy atom. The van der Waals surface area contributed by atoms with Gasteiger partial charge >= 0.3 is 0 Å². The molecule has 0 aliphatic rings. The number of rotatable bonds is 5. The molecule has 0 radical (unpaired) electrons. The zero-order chi connectivity index (χ0) is 16.9. The largest absolute Gasteiger partial charge is 0.360 e. The van der Waals surface area contributed by atoms with Gasteiger partial charge in [-0.25, -0.2) is 4.98 Å². The molecule has 0 fully saturated rings. The van der Waals surface area contributed by atoms with E-state index in [9.17, 15) is 9.59 Å². The molecule has 0 saturated heterocycles. The Morgan fingerprint density at radius 1 is 1.29 bits per heavy atom. The molecular formula is C16H14N4O3S. The van der Waals surface area contributed by atoms with E-state index in [0.29, 0.717) is 16.7 Å². The Morgan fingerprint density at radius 3 is 2.75 bits per heavy atom. The summed E-state index contributed by atoms with van der Waals surface area (Å²) in [6, 6.07) is 12.2. The van der Waals surface area contributed by atoms with E-state index in [2.05, 4.69) is 20.4 Å². The van der Waals surface area contributed by atoms with Crippen molar-refractivity contribution in [2.75, 3.05) is 5.32 Å². The van der Waals surface area contributed by atoms with Crippen molar-refractivity contribution in [1.82, 2.24) is 15.1 Å². The molecule has 2 N–H and O–H groups in total. The standard InChI is InChI=1S/C16H14N4O3S/c1-10-9-12(20-23-10)18-15(22)14(11-5-3-2-4-6-11)24-16-17-8-7-13(21)19-16/h2-9,14H,1H3,(H,17,19,21)(H,18,20,22)/t14-/m1/s1. The number of thioether (sulfide) groups is 1. The molecule has 2 heterocycles. The highest BCUT2D eigenvalue weighted by Gasteiger charge is 2.24. The lowest BCUT2D eigenvalue weighted by atomic mass is 10.1. The number of benzene rings is 1. The number of carbonyl (C=O) groups excluding carboxylic acids is 1. The number of nitrogens with zero attached hydrogens (tertiary/aromatic N) is 2. The Balaban J connectivity index is 1.87. The first-order valence-electron chi connectivity index (χ1n) is 7.13. The van der Waals surface area contributed by atoms with Gasteiger partial charge in [0.25, 0.3) is 5.56 Å². The van der Waals surface area contributed by atoms with Gasteiger partial charge in [0.1, 0.15) is 11.0 Å². The van der Waals surface area contributed by atoms with E-state index < -0.39 is 5.25 Å². The Labute approximate surface area is 141 Å². The second-order valence-corrected chi connectivity index (χ2v) is 6.05. The highest BCUT2D eigenvalue weighted by Crippen LogP contribution is 2.33. The van der Waals surface area contributed by atoms with Crippen LogP contribution in [0.2, 0.25) is 0 Å². The first-order chi connectivity index (χ1) is 11.6. The van der Waals surface area contributed by atoms with E-state index in [1.165, 1.54) is 12.3 Å². The van der Waals surface area contributed by atoms with Crippen LogP contribution in [-0.4, -0.2) is 21.0 Å². The van der Waals surface area contributed by atoms with Gasteiger partial charge < -0.3 is 14.8 Å². The molecule has 0 spiro atoms. The Bertz CT molecular complexity index is 891. The number of carbonyl (C=O) groups is 1. The summed E-state index contributed by atoms with van der Waals surface area (Å²) in [5.41, 5.74) is 0.513. The van der Waals surface area contributed by atoms with Crippen LogP contribution in [0.4, 0.5) is 5.82 Å². The van der Waals surface area contributed by atoms with Crippen molar-refractivity contribution >= 4 is 23.5 Å². The van der Waals surface area contributed by atoms with Crippen molar-refractivity contribution in [2.45, 2.75) is 17.3 Å². The molecule has 0 saturated carbocycles. The number of nitrogens with one attached hydrogen (secondary N) is 2. The van der Waals surface area contributed by atoms with Crippen molar-refractivity contribution in [2.24, 2.45) is 0 Å². The molecule has 0 unspecified atom stereocenters. The first kappa shape index (κ1) is 16.0. The fourth-order valence-corrected chi connectivity index (χ4v) is 3.01. The lowest BCUT2D eigenvalue weighted by molar-refractivity contribution is -0.115. The minimum Gasteiger partial charge on any atom is -0.360 e. The summed E-state index contributed by atoms with van der Waals surface area (Å²) >= 11 is 1.15. The van der Waals surface area contributed by atoms with Crippen LogP contribution < -0.4 is 10.9 Å². The van der Waals surface area contributed by atoms with Crippen LogP contribution in [0, 0.1) is 6.92 Å². The molecule has 2 aromatic heterocycles. The van der Waals surface area contributed by atoms with E-state index in [-0.39, 0.29) is 11.5 Å². The number of anilines is 1. The van der Waals surface area contributed by atoms with Crippen molar-refractivity contribution in [1.29, 1.82) is 0 Å². The highest BCUT2D eigenvalue weighted by atomic mass is 32.2. The van der Waals surface area contributed by atoms with Crippen molar-refractivity contribution in [3.63, 3.8) is 0 Å². The summed E-state index contributed by atoms with van der Waals surface area (Å²) in [4.78, 5) is 30.8. The topological polar surface area (TPSA) is 101 Å². The summed E-state index contributed by atoms with van der Waals surface area (Å²) in [6.07, 6.45) is 1.40. The molecule has 1 atom stereocenters. The molecule has 1 amide bonds. The van der Waals surface area contributed by atoms with Gasteiger partial charge in [0, 0.05) is 18.3 Å². The van der Waals surface area contributed by atoms with E-state index in [0.717, 1.165) is 17.3 Å². The maximum atomic E-state index is 12.7. The number of aromatic amines is 1. The normalized spacial score (nSPS) is 11.9. The zero-order valence-corrected chi connectivity index (χ0v) is 13.5. The number of aryl methyl sites for hydroxylation is 1. The summed E-state index contributed by atoms with van der Waals surface area (Å²) in [6.45, 7) is 1.74. The molecule has 7 nitrogen and oxygen atoms in total. The lowest BCUT2D eigenvalue weighted by Crippen LogP contribution is -2.20. The molecule has 8 heteroatoms.